The van der Waals surface area contributed by atoms with E-state index >= 15 is 0 Å². The van der Waals surface area contributed by atoms with E-state index in [1.165, 1.54) is 10.6 Å². The maximum absolute atomic E-state index is 13.7. The van der Waals surface area contributed by atoms with Crippen LogP contribution in [0.25, 0.3) is 0 Å². The summed E-state index contributed by atoms with van der Waals surface area (Å²) in [6.07, 6.45) is 2.36. The number of piperidine rings is 1. The van der Waals surface area contributed by atoms with Crippen LogP contribution in [-0.4, -0.2) is 96.5 Å². The summed E-state index contributed by atoms with van der Waals surface area (Å²) in [4.78, 5) is 17.4. The summed E-state index contributed by atoms with van der Waals surface area (Å²) in [7, 11) is -5.35. The first-order valence-corrected chi connectivity index (χ1v) is 17.5. The zero-order chi connectivity index (χ0) is 29.8. The van der Waals surface area contributed by atoms with E-state index in [2.05, 4.69) is 4.72 Å². The summed E-state index contributed by atoms with van der Waals surface area (Å²) in [5.74, 6) is -0.467. The molecule has 226 valence electrons. The molecule has 0 unspecified atom stereocenters. The number of amides is 1. The maximum Gasteiger partial charge on any atom is 0.243 e. The number of anilines is 1. The van der Waals surface area contributed by atoms with E-state index in [4.69, 9.17) is 4.74 Å². The van der Waals surface area contributed by atoms with Crippen molar-refractivity contribution in [1.82, 2.24) is 14.5 Å². The molecular weight excluding hydrogens is 564 g/mol. The molecule has 0 saturated carbocycles. The lowest BCUT2D eigenvalue weighted by Gasteiger charge is -2.40. The van der Waals surface area contributed by atoms with Crippen LogP contribution in [-0.2, 0) is 41.6 Å². The molecule has 0 bridgehead atoms. The van der Waals surface area contributed by atoms with Gasteiger partial charge in [0, 0.05) is 37.6 Å². The van der Waals surface area contributed by atoms with Crippen molar-refractivity contribution < 1.29 is 26.4 Å². The van der Waals surface area contributed by atoms with Gasteiger partial charge in [0.15, 0.2) is 0 Å². The fourth-order valence-electron chi connectivity index (χ4n) is 5.51. The minimum absolute atomic E-state index is 0.0979. The molecule has 1 fully saturated rings. The summed E-state index contributed by atoms with van der Waals surface area (Å²) in [6, 6.07) is 16.2. The van der Waals surface area contributed by atoms with Gasteiger partial charge in [-0.05, 0) is 50.9 Å². The Kier molecular flexibility index (Phi) is 9.80. The first kappa shape index (κ1) is 31.4. The molecular formula is C29H42N4O6S2. The number of nitrogens with zero attached hydrogens (tertiary/aromatic N) is 3. The number of sulfonamides is 2. The third-order valence-corrected chi connectivity index (χ3v) is 10.7. The van der Waals surface area contributed by atoms with E-state index < -0.39 is 31.5 Å². The van der Waals surface area contributed by atoms with Crippen molar-refractivity contribution >= 4 is 31.6 Å². The first-order chi connectivity index (χ1) is 19.3. The summed E-state index contributed by atoms with van der Waals surface area (Å²) in [6.45, 7) is 5.59. The molecule has 41 heavy (non-hydrogen) atoms. The number of hydrogen-bond donors (Lipinski definition) is 1. The maximum atomic E-state index is 13.7. The Hall–Kier alpha value is -2.51. The van der Waals surface area contributed by atoms with Crippen molar-refractivity contribution in [3.63, 3.8) is 0 Å². The number of ether oxygens (including phenoxy) is 1. The number of carbonyl (C=O) groups is 1. The molecule has 0 radical (unpaired) electrons. The largest absolute Gasteiger partial charge is 0.375 e. The van der Waals surface area contributed by atoms with E-state index in [9.17, 15) is 21.6 Å². The topological polar surface area (TPSA) is 116 Å². The standard InChI is InChI=1S/C29H42N4O6S2/c1-23(2)31(3)18-19-41(37,38)30-26(21-39-20-24-10-6-5-7-11-24)28(34)32-16-14-29(15-17-32)22-33(40(4,35)36)27-13-9-8-12-25(27)29/h5-13,23,26,30H,14-22H2,1-4H3/t26-/m1/s1. The third kappa shape index (κ3) is 7.66. The second-order valence-corrected chi connectivity index (χ2v) is 15.2. The molecule has 1 amide bonds. The quantitative estimate of drug-likeness (QED) is 0.394. The molecule has 1 N–H and O–H groups in total. The number of nitrogens with one attached hydrogen (secondary N) is 1. The van der Waals surface area contributed by atoms with Gasteiger partial charge in [0.2, 0.25) is 26.0 Å². The highest BCUT2D eigenvalue weighted by Crippen LogP contribution is 2.47. The Labute approximate surface area is 244 Å². The third-order valence-electron chi connectivity index (χ3n) is 8.23. The highest BCUT2D eigenvalue weighted by molar-refractivity contribution is 7.92. The lowest BCUT2D eigenvalue weighted by atomic mass is 9.74. The van der Waals surface area contributed by atoms with Crippen LogP contribution in [0.1, 0.15) is 37.8 Å². The van der Waals surface area contributed by atoms with Gasteiger partial charge >= 0.3 is 0 Å². The van der Waals surface area contributed by atoms with Crippen LogP contribution in [0.15, 0.2) is 54.6 Å². The molecule has 1 atom stereocenters. The second kappa shape index (κ2) is 12.8. The van der Waals surface area contributed by atoms with Crippen molar-refractivity contribution in [3.8, 4) is 0 Å². The molecule has 1 saturated heterocycles. The number of rotatable bonds is 12. The van der Waals surface area contributed by atoms with E-state index in [1.54, 1.807) is 4.90 Å². The number of benzene rings is 2. The molecule has 0 aromatic heterocycles. The van der Waals surface area contributed by atoms with Crippen molar-refractivity contribution in [3.05, 3.63) is 65.7 Å². The SMILES string of the molecule is CC(C)N(C)CCS(=O)(=O)N[C@H](COCc1ccccc1)C(=O)N1CCC2(CC1)CN(S(C)(=O)=O)c1ccccc12. The molecule has 2 aliphatic heterocycles. The number of fused-ring (bicyclic) bond motifs is 2. The van der Waals surface area contributed by atoms with Gasteiger partial charge in [-0.15, -0.1) is 0 Å². The minimum Gasteiger partial charge on any atom is -0.375 e. The highest BCUT2D eigenvalue weighted by Gasteiger charge is 2.48. The predicted octanol–water partition coefficient (Wildman–Crippen LogP) is 2.17. The van der Waals surface area contributed by atoms with Gasteiger partial charge in [0.05, 0.1) is 30.9 Å². The van der Waals surface area contributed by atoms with Crippen LogP contribution < -0.4 is 9.03 Å². The molecule has 2 aliphatic rings. The average molecular weight is 607 g/mol. The monoisotopic (exact) mass is 606 g/mol. The normalized spacial score (nSPS) is 17.8. The lowest BCUT2D eigenvalue weighted by molar-refractivity contribution is -0.136. The Morgan fingerprint density at radius 3 is 2.29 bits per heavy atom. The predicted molar refractivity (Wildman–Crippen MR) is 161 cm³/mol. The van der Waals surface area contributed by atoms with Gasteiger partial charge < -0.3 is 14.5 Å². The molecule has 1 spiro atoms. The molecule has 10 nitrogen and oxygen atoms in total. The average Bonchev–Trinajstić information content (AvgIpc) is 3.26. The van der Waals surface area contributed by atoms with Crippen LogP contribution in [0.5, 0.6) is 0 Å². The van der Waals surface area contributed by atoms with Crippen molar-refractivity contribution in [2.75, 3.05) is 56.1 Å². The van der Waals surface area contributed by atoms with Gasteiger partial charge in [0.25, 0.3) is 0 Å². The Bertz CT molecular complexity index is 1410. The van der Waals surface area contributed by atoms with E-state index in [1.807, 2.05) is 80.4 Å². The van der Waals surface area contributed by atoms with E-state index in [-0.39, 0.29) is 30.9 Å². The summed E-state index contributed by atoms with van der Waals surface area (Å²) >= 11 is 0. The Morgan fingerprint density at radius 2 is 1.66 bits per heavy atom. The van der Waals surface area contributed by atoms with E-state index in [0.29, 0.717) is 44.7 Å². The second-order valence-electron chi connectivity index (χ2n) is 11.5. The van der Waals surface area contributed by atoms with Crippen molar-refractivity contribution in [2.45, 2.75) is 50.8 Å². The van der Waals surface area contributed by atoms with Crippen LogP contribution in [0, 0.1) is 0 Å². The van der Waals surface area contributed by atoms with Crippen molar-refractivity contribution in [2.24, 2.45) is 0 Å². The molecule has 4 rings (SSSR count). The lowest BCUT2D eigenvalue weighted by Crippen LogP contribution is -2.55. The molecule has 0 aliphatic carbocycles. The zero-order valence-corrected chi connectivity index (χ0v) is 26.0. The minimum atomic E-state index is -3.77. The summed E-state index contributed by atoms with van der Waals surface area (Å²) in [5.41, 5.74) is 2.21. The van der Waals surface area contributed by atoms with Crippen molar-refractivity contribution in [1.29, 1.82) is 0 Å². The van der Waals surface area contributed by atoms with Crippen LogP contribution in [0.3, 0.4) is 0 Å². The highest BCUT2D eigenvalue weighted by atomic mass is 32.2. The summed E-state index contributed by atoms with van der Waals surface area (Å²) in [5, 5.41) is 0. The fraction of sp³-hybridized carbons (Fsp3) is 0.552. The fourth-order valence-corrected chi connectivity index (χ4v) is 7.75. The Morgan fingerprint density at radius 1 is 1.02 bits per heavy atom. The molecule has 2 aromatic rings. The van der Waals surface area contributed by atoms with Gasteiger partial charge in [-0.25, -0.2) is 21.6 Å². The smallest absolute Gasteiger partial charge is 0.243 e. The van der Waals surface area contributed by atoms with Gasteiger partial charge in [-0.2, -0.15) is 0 Å². The molecule has 2 aromatic carbocycles. The van der Waals surface area contributed by atoms with Gasteiger partial charge in [-0.3, -0.25) is 9.10 Å². The number of likely N-dealkylation sites (tertiary alicyclic amines) is 1. The van der Waals surface area contributed by atoms with Crippen LogP contribution in [0.4, 0.5) is 5.69 Å². The molecule has 2 heterocycles. The Balaban J connectivity index is 1.46. The number of carbonyl (C=O) groups excluding carboxylic acids is 1. The van der Waals surface area contributed by atoms with Gasteiger partial charge in [0.1, 0.15) is 6.04 Å². The zero-order valence-electron chi connectivity index (χ0n) is 24.3. The number of para-hydroxylation sites is 1. The van der Waals surface area contributed by atoms with Gasteiger partial charge in [-0.1, -0.05) is 48.5 Å². The van der Waals surface area contributed by atoms with Crippen LogP contribution >= 0.6 is 0 Å². The number of hydrogen-bond acceptors (Lipinski definition) is 7. The summed E-state index contributed by atoms with van der Waals surface area (Å²) < 4.78 is 61.0. The van der Waals surface area contributed by atoms with Crippen LogP contribution in [0.2, 0.25) is 0 Å². The molecule has 12 heteroatoms. The van der Waals surface area contributed by atoms with E-state index in [0.717, 1.165) is 11.1 Å². The first-order valence-electron chi connectivity index (χ1n) is 14.0.